The number of hydrogen-bond acceptors (Lipinski definition) is 3. The molecule has 1 amide bonds. The SMILES string of the molecule is Cc1ccc(C(=O)N(C)[C@H]2CCO[C@@H]2c2cccnc2)c(Cl)c1. The van der Waals surface area contributed by atoms with E-state index in [0.29, 0.717) is 17.2 Å². The van der Waals surface area contributed by atoms with E-state index < -0.39 is 0 Å². The van der Waals surface area contributed by atoms with Gasteiger partial charge < -0.3 is 9.64 Å². The van der Waals surface area contributed by atoms with Crippen molar-refractivity contribution >= 4 is 17.5 Å². The Kier molecular flexibility index (Phi) is 4.64. The van der Waals surface area contributed by atoms with E-state index >= 15 is 0 Å². The second-order valence-corrected chi connectivity index (χ2v) is 6.24. The number of amides is 1. The van der Waals surface area contributed by atoms with Crippen molar-refractivity contribution < 1.29 is 9.53 Å². The molecule has 0 saturated carbocycles. The Morgan fingerprint density at radius 1 is 1.39 bits per heavy atom. The van der Waals surface area contributed by atoms with E-state index in [1.165, 1.54) is 0 Å². The summed E-state index contributed by atoms with van der Waals surface area (Å²) in [5, 5.41) is 0.485. The zero-order chi connectivity index (χ0) is 16.4. The third kappa shape index (κ3) is 3.23. The molecule has 0 spiro atoms. The normalized spacial score (nSPS) is 20.5. The van der Waals surface area contributed by atoms with Crippen molar-refractivity contribution in [3.8, 4) is 0 Å². The Balaban J connectivity index is 1.84. The van der Waals surface area contributed by atoms with Crippen molar-refractivity contribution in [2.75, 3.05) is 13.7 Å². The molecule has 2 heterocycles. The van der Waals surface area contributed by atoms with Gasteiger partial charge in [0.25, 0.3) is 5.91 Å². The van der Waals surface area contributed by atoms with Crippen LogP contribution in [0.1, 0.15) is 34.0 Å². The van der Waals surface area contributed by atoms with Crippen LogP contribution in [0.4, 0.5) is 0 Å². The fraction of sp³-hybridized carbons (Fsp3) is 0.333. The standard InChI is InChI=1S/C18H19ClN2O2/c1-12-5-6-14(15(19)10-12)18(22)21(2)16-7-9-23-17(16)13-4-3-8-20-11-13/h3-6,8,10-11,16-17H,7,9H2,1-2H3/t16-,17+/m0/s1. The van der Waals surface area contributed by atoms with Gasteiger partial charge in [0.2, 0.25) is 0 Å². The first-order valence-corrected chi connectivity index (χ1v) is 8.00. The van der Waals surface area contributed by atoms with E-state index in [2.05, 4.69) is 4.98 Å². The van der Waals surface area contributed by atoms with Crippen LogP contribution in [0, 0.1) is 6.92 Å². The van der Waals surface area contributed by atoms with Crippen LogP contribution in [0.5, 0.6) is 0 Å². The van der Waals surface area contributed by atoms with E-state index in [9.17, 15) is 4.79 Å². The van der Waals surface area contributed by atoms with Gasteiger partial charge in [-0.2, -0.15) is 0 Å². The van der Waals surface area contributed by atoms with Crippen LogP contribution in [0.25, 0.3) is 0 Å². The summed E-state index contributed by atoms with van der Waals surface area (Å²) in [5.41, 5.74) is 2.55. The minimum absolute atomic E-state index is 0.0240. The van der Waals surface area contributed by atoms with E-state index in [4.69, 9.17) is 16.3 Å². The topological polar surface area (TPSA) is 42.4 Å². The molecule has 1 saturated heterocycles. The number of benzene rings is 1. The molecule has 1 aliphatic rings. The van der Waals surface area contributed by atoms with Crippen LogP contribution in [0.3, 0.4) is 0 Å². The van der Waals surface area contributed by atoms with E-state index in [-0.39, 0.29) is 18.1 Å². The van der Waals surface area contributed by atoms with Crippen molar-refractivity contribution in [2.45, 2.75) is 25.5 Å². The molecule has 2 atom stereocenters. The molecule has 1 aromatic carbocycles. The molecule has 0 N–H and O–H groups in total. The lowest BCUT2D eigenvalue weighted by atomic mass is 10.0. The minimum Gasteiger partial charge on any atom is -0.371 e. The number of pyridine rings is 1. The van der Waals surface area contributed by atoms with Crippen LogP contribution in [0.2, 0.25) is 5.02 Å². The maximum absolute atomic E-state index is 12.8. The third-order valence-corrected chi connectivity index (χ3v) is 4.56. The molecule has 1 aromatic heterocycles. The number of ether oxygens (including phenoxy) is 1. The van der Waals surface area contributed by atoms with Crippen molar-refractivity contribution in [3.63, 3.8) is 0 Å². The molecule has 3 rings (SSSR count). The molecule has 0 unspecified atom stereocenters. The molecular weight excluding hydrogens is 312 g/mol. The van der Waals surface area contributed by atoms with E-state index in [1.807, 2.05) is 31.2 Å². The van der Waals surface area contributed by atoms with Gasteiger partial charge in [-0.15, -0.1) is 0 Å². The number of hydrogen-bond donors (Lipinski definition) is 0. The van der Waals surface area contributed by atoms with Gasteiger partial charge in [-0.3, -0.25) is 9.78 Å². The predicted molar refractivity (Wildman–Crippen MR) is 89.6 cm³/mol. The molecule has 0 radical (unpaired) electrons. The number of carbonyl (C=O) groups excluding carboxylic acids is 1. The molecule has 4 nitrogen and oxygen atoms in total. The number of aryl methyl sites for hydroxylation is 1. The van der Waals surface area contributed by atoms with Crippen molar-refractivity contribution in [2.24, 2.45) is 0 Å². The summed E-state index contributed by atoms with van der Waals surface area (Å²) in [7, 11) is 1.81. The molecule has 0 bridgehead atoms. The number of aromatic nitrogens is 1. The quantitative estimate of drug-likeness (QED) is 0.862. The molecule has 1 aliphatic heterocycles. The number of rotatable bonds is 3. The van der Waals surface area contributed by atoms with Crippen LogP contribution in [-0.2, 0) is 4.74 Å². The van der Waals surface area contributed by atoms with Crippen LogP contribution in [-0.4, -0.2) is 35.5 Å². The minimum atomic E-state index is -0.151. The molecule has 120 valence electrons. The first kappa shape index (κ1) is 16.0. The van der Waals surface area contributed by atoms with E-state index in [1.54, 1.807) is 30.4 Å². The Hall–Kier alpha value is -1.91. The second-order valence-electron chi connectivity index (χ2n) is 5.83. The molecular formula is C18H19ClN2O2. The Bertz CT molecular complexity index is 705. The highest BCUT2D eigenvalue weighted by atomic mass is 35.5. The predicted octanol–water partition coefficient (Wildman–Crippen LogP) is 3.65. The average molecular weight is 331 g/mol. The van der Waals surface area contributed by atoms with Crippen LogP contribution in [0.15, 0.2) is 42.7 Å². The fourth-order valence-electron chi connectivity index (χ4n) is 2.97. The summed E-state index contributed by atoms with van der Waals surface area (Å²) in [5.74, 6) is -0.0839. The van der Waals surface area contributed by atoms with Crippen molar-refractivity contribution in [1.29, 1.82) is 0 Å². The summed E-state index contributed by atoms with van der Waals surface area (Å²) in [6, 6.07) is 9.33. The third-order valence-electron chi connectivity index (χ3n) is 4.25. The first-order chi connectivity index (χ1) is 11.1. The maximum Gasteiger partial charge on any atom is 0.255 e. The van der Waals surface area contributed by atoms with Gasteiger partial charge in [-0.1, -0.05) is 23.7 Å². The Labute approximate surface area is 141 Å². The summed E-state index contributed by atoms with van der Waals surface area (Å²) in [6.45, 7) is 2.58. The number of nitrogens with zero attached hydrogens (tertiary/aromatic N) is 2. The molecule has 0 aliphatic carbocycles. The lowest BCUT2D eigenvalue weighted by molar-refractivity contribution is 0.0515. The van der Waals surface area contributed by atoms with Crippen LogP contribution >= 0.6 is 11.6 Å². The highest BCUT2D eigenvalue weighted by Gasteiger charge is 2.35. The van der Waals surface area contributed by atoms with Gasteiger partial charge in [-0.05, 0) is 37.1 Å². The summed E-state index contributed by atoms with van der Waals surface area (Å²) in [4.78, 5) is 18.7. The van der Waals surface area contributed by atoms with Gasteiger partial charge in [0, 0.05) is 31.6 Å². The van der Waals surface area contributed by atoms with E-state index in [0.717, 1.165) is 17.5 Å². The highest BCUT2D eigenvalue weighted by Crippen LogP contribution is 2.33. The summed E-state index contributed by atoms with van der Waals surface area (Å²) >= 11 is 6.24. The van der Waals surface area contributed by atoms with Gasteiger partial charge in [0.05, 0.1) is 16.6 Å². The lowest BCUT2D eigenvalue weighted by Gasteiger charge is -2.29. The smallest absolute Gasteiger partial charge is 0.255 e. The molecule has 2 aromatic rings. The number of halogens is 1. The van der Waals surface area contributed by atoms with Crippen LogP contribution < -0.4 is 0 Å². The summed E-state index contributed by atoms with van der Waals surface area (Å²) < 4.78 is 5.84. The number of carbonyl (C=O) groups is 1. The summed E-state index contributed by atoms with van der Waals surface area (Å²) in [6.07, 6.45) is 4.17. The maximum atomic E-state index is 12.8. The fourth-order valence-corrected chi connectivity index (χ4v) is 3.29. The molecule has 5 heteroatoms. The van der Waals surface area contributed by atoms with Crippen molar-refractivity contribution in [3.05, 3.63) is 64.4 Å². The van der Waals surface area contributed by atoms with Crippen molar-refractivity contribution in [1.82, 2.24) is 9.88 Å². The average Bonchev–Trinajstić information content (AvgIpc) is 3.04. The Morgan fingerprint density at radius 2 is 2.22 bits per heavy atom. The largest absolute Gasteiger partial charge is 0.371 e. The first-order valence-electron chi connectivity index (χ1n) is 7.63. The molecule has 1 fully saturated rings. The monoisotopic (exact) mass is 330 g/mol. The Morgan fingerprint density at radius 3 is 2.91 bits per heavy atom. The lowest BCUT2D eigenvalue weighted by Crippen LogP contribution is -2.39. The zero-order valence-corrected chi connectivity index (χ0v) is 14.0. The number of likely N-dealkylation sites (N-methyl/N-ethyl adjacent to an activating group) is 1. The second kappa shape index (κ2) is 6.69. The zero-order valence-electron chi connectivity index (χ0n) is 13.2. The van der Waals surface area contributed by atoms with Gasteiger partial charge >= 0.3 is 0 Å². The van der Waals surface area contributed by atoms with Gasteiger partial charge in [0.15, 0.2) is 0 Å². The van der Waals surface area contributed by atoms with Gasteiger partial charge in [0.1, 0.15) is 6.10 Å². The van der Waals surface area contributed by atoms with Gasteiger partial charge in [-0.25, -0.2) is 0 Å². The molecule has 23 heavy (non-hydrogen) atoms. The highest BCUT2D eigenvalue weighted by molar-refractivity contribution is 6.33.